The maximum Gasteiger partial charge on any atom is 0.262 e. The lowest BCUT2D eigenvalue weighted by atomic mass is 10.0. The number of ether oxygens (including phenoxy) is 4. The van der Waals surface area contributed by atoms with E-state index in [0.29, 0.717) is 39.5 Å². The number of amides is 1. The summed E-state index contributed by atoms with van der Waals surface area (Å²) in [5.41, 5.74) is 2.88. The first-order valence-electron chi connectivity index (χ1n) is 11.2. The zero-order chi connectivity index (χ0) is 25.8. The van der Waals surface area contributed by atoms with Gasteiger partial charge in [-0.2, -0.15) is 0 Å². The molecule has 1 N–H and O–H groups in total. The van der Waals surface area contributed by atoms with Crippen LogP contribution in [-0.2, 0) is 4.79 Å². The van der Waals surface area contributed by atoms with Gasteiger partial charge in [0.05, 0.1) is 26.7 Å². The number of aryl methyl sites for hydroxylation is 2. The Morgan fingerprint density at radius 2 is 1.61 bits per heavy atom. The Hall–Kier alpha value is -4.46. The highest BCUT2D eigenvalue weighted by molar-refractivity contribution is 5.92. The standard InChI is InChI=1S/C28H27NO7/c1-16-12-17(2)25-23(13-16)36-27(18-6-11-21(33-4)22(14-18)34-5)28(26(25)31)35-15-24(30)29-19-7-9-20(32-3)10-8-19/h6-14H,15H2,1-5H3,(H,29,30). The third-order valence-electron chi connectivity index (χ3n) is 5.66. The van der Waals surface area contributed by atoms with Crippen LogP contribution in [0.5, 0.6) is 23.0 Å². The molecule has 4 rings (SSSR count). The summed E-state index contributed by atoms with van der Waals surface area (Å²) >= 11 is 0. The fourth-order valence-electron chi connectivity index (χ4n) is 3.98. The van der Waals surface area contributed by atoms with E-state index in [1.54, 1.807) is 55.6 Å². The fraction of sp³-hybridized carbons (Fsp3) is 0.214. The van der Waals surface area contributed by atoms with Gasteiger partial charge in [-0.05, 0) is 73.5 Å². The first kappa shape index (κ1) is 24.7. The van der Waals surface area contributed by atoms with Crippen LogP contribution in [0.2, 0.25) is 0 Å². The molecule has 3 aromatic carbocycles. The molecule has 1 aromatic heterocycles. The monoisotopic (exact) mass is 489 g/mol. The number of carbonyl (C=O) groups excluding carboxylic acids is 1. The minimum Gasteiger partial charge on any atom is -0.497 e. The lowest BCUT2D eigenvalue weighted by Gasteiger charge is -2.14. The van der Waals surface area contributed by atoms with Gasteiger partial charge >= 0.3 is 0 Å². The molecule has 0 bridgehead atoms. The maximum atomic E-state index is 13.6. The average molecular weight is 490 g/mol. The number of anilines is 1. The molecule has 0 unspecified atom stereocenters. The van der Waals surface area contributed by atoms with Crippen LogP contribution in [0, 0.1) is 13.8 Å². The van der Waals surface area contributed by atoms with E-state index in [1.807, 2.05) is 19.9 Å². The molecular formula is C28H27NO7. The third-order valence-corrected chi connectivity index (χ3v) is 5.66. The number of carbonyl (C=O) groups is 1. The SMILES string of the molecule is COc1ccc(NC(=O)COc2c(-c3ccc(OC)c(OC)c3)oc3cc(C)cc(C)c3c2=O)cc1. The Labute approximate surface area is 208 Å². The fourth-order valence-corrected chi connectivity index (χ4v) is 3.98. The third kappa shape index (κ3) is 4.98. The average Bonchev–Trinajstić information content (AvgIpc) is 2.87. The van der Waals surface area contributed by atoms with Gasteiger partial charge in [0.25, 0.3) is 5.91 Å². The predicted molar refractivity (Wildman–Crippen MR) is 138 cm³/mol. The van der Waals surface area contributed by atoms with Gasteiger partial charge in [0, 0.05) is 11.3 Å². The number of nitrogens with one attached hydrogen (secondary N) is 1. The van der Waals surface area contributed by atoms with Crippen LogP contribution in [0.1, 0.15) is 11.1 Å². The molecule has 0 atom stereocenters. The van der Waals surface area contributed by atoms with Gasteiger partial charge in [0.2, 0.25) is 11.2 Å². The Morgan fingerprint density at radius 1 is 0.889 bits per heavy atom. The van der Waals surface area contributed by atoms with E-state index in [2.05, 4.69) is 5.32 Å². The maximum absolute atomic E-state index is 13.6. The van der Waals surface area contributed by atoms with E-state index in [-0.39, 0.29) is 16.9 Å². The predicted octanol–water partition coefficient (Wildman–Crippen LogP) is 5.12. The minimum absolute atomic E-state index is 0.0634. The number of rotatable bonds is 8. The highest BCUT2D eigenvalue weighted by Crippen LogP contribution is 2.37. The Morgan fingerprint density at radius 3 is 2.28 bits per heavy atom. The van der Waals surface area contributed by atoms with Crippen LogP contribution < -0.4 is 29.7 Å². The topological polar surface area (TPSA) is 96.2 Å². The van der Waals surface area contributed by atoms with Crippen molar-refractivity contribution < 1.29 is 28.2 Å². The molecule has 8 nitrogen and oxygen atoms in total. The number of fused-ring (bicyclic) bond motifs is 1. The molecule has 0 aliphatic carbocycles. The lowest BCUT2D eigenvalue weighted by Crippen LogP contribution is -2.22. The van der Waals surface area contributed by atoms with Crippen LogP contribution in [-0.4, -0.2) is 33.8 Å². The molecule has 0 saturated heterocycles. The molecule has 0 aliphatic heterocycles. The van der Waals surface area contributed by atoms with E-state index in [0.717, 1.165) is 11.1 Å². The number of hydrogen-bond acceptors (Lipinski definition) is 7. The summed E-state index contributed by atoms with van der Waals surface area (Å²) in [7, 11) is 4.62. The van der Waals surface area contributed by atoms with Crippen LogP contribution in [0.15, 0.2) is 63.8 Å². The molecule has 1 heterocycles. The highest BCUT2D eigenvalue weighted by Gasteiger charge is 2.21. The summed E-state index contributed by atoms with van der Waals surface area (Å²) in [5, 5.41) is 3.14. The van der Waals surface area contributed by atoms with Crippen molar-refractivity contribution >= 4 is 22.6 Å². The first-order chi connectivity index (χ1) is 17.3. The van der Waals surface area contributed by atoms with Crippen molar-refractivity contribution in [3.8, 4) is 34.3 Å². The van der Waals surface area contributed by atoms with Gasteiger partial charge in [-0.25, -0.2) is 0 Å². The van der Waals surface area contributed by atoms with Gasteiger partial charge in [-0.15, -0.1) is 0 Å². The molecular weight excluding hydrogens is 462 g/mol. The number of benzene rings is 3. The molecule has 1 amide bonds. The van der Waals surface area contributed by atoms with Gasteiger partial charge in [0.1, 0.15) is 11.3 Å². The van der Waals surface area contributed by atoms with E-state index in [4.69, 9.17) is 23.4 Å². The summed E-state index contributed by atoms with van der Waals surface area (Å²) in [5.74, 6) is 1.35. The van der Waals surface area contributed by atoms with Crippen molar-refractivity contribution in [3.05, 3.63) is 75.9 Å². The van der Waals surface area contributed by atoms with Crippen LogP contribution in [0.3, 0.4) is 0 Å². The quantitative estimate of drug-likeness (QED) is 0.367. The van der Waals surface area contributed by atoms with Crippen LogP contribution in [0.25, 0.3) is 22.3 Å². The van der Waals surface area contributed by atoms with E-state index in [1.165, 1.54) is 14.2 Å². The summed E-state index contributed by atoms with van der Waals surface area (Å²) < 4.78 is 27.9. The Bertz CT molecular complexity index is 1470. The second-order valence-electron chi connectivity index (χ2n) is 8.18. The molecule has 8 heteroatoms. The van der Waals surface area contributed by atoms with Crippen molar-refractivity contribution in [1.29, 1.82) is 0 Å². The Kier molecular flexibility index (Phi) is 7.15. The minimum atomic E-state index is -0.432. The highest BCUT2D eigenvalue weighted by atomic mass is 16.5. The summed E-state index contributed by atoms with van der Waals surface area (Å²) in [6, 6.07) is 15.7. The van der Waals surface area contributed by atoms with E-state index < -0.39 is 12.5 Å². The normalized spacial score (nSPS) is 10.7. The zero-order valence-corrected chi connectivity index (χ0v) is 20.8. The van der Waals surface area contributed by atoms with Gasteiger partial charge in [-0.3, -0.25) is 9.59 Å². The van der Waals surface area contributed by atoms with Gasteiger partial charge < -0.3 is 28.7 Å². The first-order valence-corrected chi connectivity index (χ1v) is 11.2. The Balaban J connectivity index is 1.74. The van der Waals surface area contributed by atoms with Crippen molar-refractivity contribution in [2.75, 3.05) is 33.3 Å². The van der Waals surface area contributed by atoms with E-state index >= 15 is 0 Å². The van der Waals surface area contributed by atoms with E-state index in [9.17, 15) is 9.59 Å². The second kappa shape index (κ2) is 10.4. The second-order valence-corrected chi connectivity index (χ2v) is 8.18. The summed E-state index contributed by atoms with van der Waals surface area (Å²) in [6.45, 7) is 3.37. The molecule has 4 aromatic rings. The zero-order valence-electron chi connectivity index (χ0n) is 20.8. The van der Waals surface area contributed by atoms with Gasteiger partial charge in [0.15, 0.2) is 23.9 Å². The van der Waals surface area contributed by atoms with Crippen LogP contribution >= 0.6 is 0 Å². The van der Waals surface area contributed by atoms with Crippen molar-refractivity contribution in [2.24, 2.45) is 0 Å². The largest absolute Gasteiger partial charge is 0.497 e. The smallest absolute Gasteiger partial charge is 0.262 e. The lowest BCUT2D eigenvalue weighted by molar-refractivity contribution is -0.118. The van der Waals surface area contributed by atoms with Crippen molar-refractivity contribution in [3.63, 3.8) is 0 Å². The number of hydrogen-bond donors (Lipinski definition) is 1. The summed E-state index contributed by atoms with van der Waals surface area (Å²) in [6.07, 6.45) is 0. The molecule has 186 valence electrons. The molecule has 0 radical (unpaired) electrons. The molecule has 36 heavy (non-hydrogen) atoms. The van der Waals surface area contributed by atoms with Crippen molar-refractivity contribution in [2.45, 2.75) is 13.8 Å². The van der Waals surface area contributed by atoms with Crippen molar-refractivity contribution in [1.82, 2.24) is 0 Å². The summed E-state index contributed by atoms with van der Waals surface area (Å²) in [4.78, 5) is 26.2. The molecule has 0 aliphatic rings. The van der Waals surface area contributed by atoms with Crippen LogP contribution in [0.4, 0.5) is 5.69 Å². The molecule has 0 saturated carbocycles. The molecule has 0 spiro atoms. The van der Waals surface area contributed by atoms with Gasteiger partial charge in [-0.1, -0.05) is 6.07 Å². The molecule has 0 fully saturated rings. The number of methoxy groups -OCH3 is 3.